The molecule has 1 saturated carbocycles. The average molecular weight is 437 g/mol. The summed E-state index contributed by atoms with van der Waals surface area (Å²) in [5.74, 6) is 0.222. The summed E-state index contributed by atoms with van der Waals surface area (Å²) in [6.07, 6.45) is 4.58. The Labute approximate surface area is 190 Å². The predicted octanol–water partition coefficient (Wildman–Crippen LogP) is 4.78. The van der Waals surface area contributed by atoms with E-state index in [4.69, 9.17) is 0 Å². The van der Waals surface area contributed by atoms with Crippen LogP contribution in [0.25, 0.3) is 0 Å². The van der Waals surface area contributed by atoms with E-state index in [1.165, 1.54) is 18.9 Å². The smallest absolute Gasteiger partial charge is 0.226 e. The number of benzene rings is 2. The van der Waals surface area contributed by atoms with Gasteiger partial charge in [0.05, 0.1) is 0 Å². The van der Waals surface area contributed by atoms with Crippen LogP contribution in [0.4, 0.5) is 4.39 Å². The molecule has 4 nitrogen and oxygen atoms in total. The maximum absolute atomic E-state index is 14.4. The molecular weight excluding hydrogens is 403 g/mol. The number of Topliss-reactive ketones (excluding diaryl/α,β-unsaturated/α-hetero) is 1. The maximum Gasteiger partial charge on any atom is 0.226 e. The number of hydrogen-bond donors (Lipinski definition) is 0. The van der Waals surface area contributed by atoms with Gasteiger partial charge in [-0.1, -0.05) is 43.2 Å². The fraction of sp³-hybridized carbons (Fsp3) is 0.481. The van der Waals surface area contributed by atoms with Crippen LogP contribution in [0.3, 0.4) is 0 Å². The fourth-order valence-electron chi connectivity index (χ4n) is 5.20. The van der Waals surface area contributed by atoms with Gasteiger partial charge in [-0.3, -0.25) is 14.5 Å². The third-order valence-corrected chi connectivity index (χ3v) is 7.13. The number of carbonyl (C=O) groups excluding carboxylic acids is 2. The number of nitrogens with zero attached hydrogens (tertiary/aromatic N) is 2. The van der Waals surface area contributed by atoms with Gasteiger partial charge in [-0.2, -0.15) is 0 Å². The van der Waals surface area contributed by atoms with E-state index in [1.807, 2.05) is 25.1 Å². The maximum atomic E-state index is 14.4. The molecule has 1 heterocycles. The average Bonchev–Trinajstić information content (AvgIpc) is 3.32. The first-order valence-corrected chi connectivity index (χ1v) is 11.8. The van der Waals surface area contributed by atoms with Crippen LogP contribution in [0.2, 0.25) is 0 Å². The van der Waals surface area contributed by atoms with Gasteiger partial charge in [-0.15, -0.1) is 0 Å². The summed E-state index contributed by atoms with van der Waals surface area (Å²) >= 11 is 0. The van der Waals surface area contributed by atoms with Crippen LogP contribution >= 0.6 is 0 Å². The molecule has 32 heavy (non-hydrogen) atoms. The molecule has 170 valence electrons. The van der Waals surface area contributed by atoms with Crippen molar-refractivity contribution in [2.24, 2.45) is 5.92 Å². The van der Waals surface area contributed by atoms with Crippen LogP contribution in [0.15, 0.2) is 42.5 Å². The third-order valence-electron chi connectivity index (χ3n) is 7.13. The molecule has 5 heteroatoms. The van der Waals surface area contributed by atoms with Crippen molar-refractivity contribution in [3.05, 3.63) is 70.5 Å². The molecule has 0 spiro atoms. The highest BCUT2D eigenvalue weighted by Crippen LogP contribution is 2.28. The van der Waals surface area contributed by atoms with Crippen LogP contribution in [0.1, 0.15) is 59.7 Å². The first-order chi connectivity index (χ1) is 15.4. The van der Waals surface area contributed by atoms with Gasteiger partial charge < -0.3 is 4.90 Å². The van der Waals surface area contributed by atoms with Gasteiger partial charge in [0.1, 0.15) is 5.82 Å². The molecule has 2 aromatic carbocycles. The zero-order valence-corrected chi connectivity index (χ0v) is 19.1. The van der Waals surface area contributed by atoms with Gasteiger partial charge in [0, 0.05) is 50.1 Å². The SMILES string of the molecule is Cc1c(CC(=O)c2ccccc2)cc(F)cc1CN1CCN(C(=O)C2CCCC2)[C@@H](C)C1. The first-order valence-electron chi connectivity index (χ1n) is 11.8. The summed E-state index contributed by atoms with van der Waals surface area (Å²) in [6.45, 7) is 7.02. The predicted molar refractivity (Wildman–Crippen MR) is 124 cm³/mol. The van der Waals surface area contributed by atoms with Crippen molar-refractivity contribution in [3.63, 3.8) is 0 Å². The lowest BCUT2D eigenvalue weighted by Crippen LogP contribution is -2.54. The Morgan fingerprint density at radius 3 is 2.41 bits per heavy atom. The molecule has 1 saturated heterocycles. The molecule has 0 radical (unpaired) electrons. The van der Waals surface area contributed by atoms with E-state index in [2.05, 4.69) is 16.7 Å². The molecule has 1 aliphatic carbocycles. The number of rotatable bonds is 6. The molecule has 0 N–H and O–H groups in total. The highest BCUT2D eigenvalue weighted by atomic mass is 19.1. The van der Waals surface area contributed by atoms with Gasteiger partial charge in [0.15, 0.2) is 5.78 Å². The van der Waals surface area contributed by atoms with Crippen molar-refractivity contribution < 1.29 is 14.0 Å². The number of piperazine rings is 1. The van der Waals surface area contributed by atoms with E-state index >= 15 is 0 Å². The number of amides is 1. The highest BCUT2D eigenvalue weighted by molar-refractivity contribution is 5.97. The Kier molecular flexibility index (Phi) is 7.04. The lowest BCUT2D eigenvalue weighted by atomic mass is 9.95. The minimum absolute atomic E-state index is 0.00193. The Morgan fingerprint density at radius 1 is 1.03 bits per heavy atom. The van der Waals surface area contributed by atoms with Crippen molar-refractivity contribution in [2.75, 3.05) is 19.6 Å². The molecule has 2 aromatic rings. The van der Waals surface area contributed by atoms with Crippen molar-refractivity contribution in [1.82, 2.24) is 9.80 Å². The number of hydrogen-bond acceptors (Lipinski definition) is 3. The summed E-state index contributed by atoms with van der Waals surface area (Å²) in [5.41, 5.74) is 3.29. The third kappa shape index (κ3) is 5.09. The summed E-state index contributed by atoms with van der Waals surface area (Å²) in [5, 5.41) is 0. The van der Waals surface area contributed by atoms with Gasteiger partial charge in [0.2, 0.25) is 5.91 Å². The fourth-order valence-corrected chi connectivity index (χ4v) is 5.20. The Balaban J connectivity index is 1.42. The standard InChI is InChI=1S/C27H33FN2O2/c1-19-17-29(12-13-30(19)27(32)22-10-6-7-11-22)18-24-15-25(28)14-23(20(24)2)16-26(31)21-8-4-3-5-9-21/h3-5,8-9,14-15,19,22H,6-7,10-13,16-18H2,1-2H3/t19-/m0/s1. The van der Waals surface area contributed by atoms with E-state index in [1.54, 1.807) is 18.2 Å². The normalized spacial score (nSPS) is 20.0. The van der Waals surface area contributed by atoms with E-state index < -0.39 is 0 Å². The minimum atomic E-state index is -0.301. The first kappa shape index (κ1) is 22.7. The van der Waals surface area contributed by atoms with Gasteiger partial charge in [-0.05, 0) is 55.5 Å². The number of halogens is 1. The summed E-state index contributed by atoms with van der Waals surface area (Å²) in [6, 6.07) is 12.4. The molecule has 1 aliphatic heterocycles. The quantitative estimate of drug-likeness (QED) is 0.612. The van der Waals surface area contributed by atoms with Gasteiger partial charge >= 0.3 is 0 Å². The monoisotopic (exact) mass is 436 g/mol. The Bertz CT molecular complexity index is 969. The molecule has 0 unspecified atom stereocenters. The van der Waals surface area contributed by atoms with E-state index in [9.17, 15) is 14.0 Å². The van der Waals surface area contributed by atoms with Crippen molar-refractivity contribution in [3.8, 4) is 0 Å². The lowest BCUT2D eigenvalue weighted by molar-refractivity contribution is -0.140. The second-order valence-corrected chi connectivity index (χ2v) is 9.41. The largest absolute Gasteiger partial charge is 0.337 e. The zero-order valence-electron chi connectivity index (χ0n) is 19.1. The van der Waals surface area contributed by atoms with Gasteiger partial charge in [0.25, 0.3) is 0 Å². The summed E-state index contributed by atoms with van der Waals surface area (Å²) in [4.78, 5) is 29.9. The molecule has 1 atom stereocenters. The Hall–Kier alpha value is -2.53. The molecule has 2 aliphatic rings. The zero-order chi connectivity index (χ0) is 22.7. The van der Waals surface area contributed by atoms with Crippen molar-refractivity contribution >= 4 is 11.7 Å². The molecular formula is C27H33FN2O2. The molecule has 0 bridgehead atoms. The van der Waals surface area contributed by atoms with Crippen LogP contribution in [-0.2, 0) is 17.8 Å². The molecule has 4 rings (SSSR count). The number of carbonyl (C=O) groups is 2. The molecule has 1 amide bonds. The minimum Gasteiger partial charge on any atom is -0.337 e. The van der Waals surface area contributed by atoms with Crippen LogP contribution in [0.5, 0.6) is 0 Å². The highest BCUT2D eigenvalue weighted by Gasteiger charge is 2.33. The van der Waals surface area contributed by atoms with Crippen LogP contribution < -0.4 is 0 Å². The lowest BCUT2D eigenvalue weighted by Gasteiger charge is -2.41. The van der Waals surface area contributed by atoms with E-state index in [0.717, 1.165) is 49.2 Å². The van der Waals surface area contributed by atoms with E-state index in [-0.39, 0.29) is 30.0 Å². The molecule has 0 aromatic heterocycles. The Morgan fingerprint density at radius 2 is 1.72 bits per heavy atom. The molecule has 2 fully saturated rings. The van der Waals surface area contributed by atoms with Crippen LogP contribution in [-0.4, -0.2) is 47.2 Å². The second-order valence-electron chi connectivity index (χ2n) is 9.41. The van der Waals surface area contributed by atoms with Crippen molar-refractivity contribution in [2.45, 2.75) is 58.5 Å². The topological polar surface area (TPSA) is 40.6 Å². The van der Waals surface area contributed by atoms with Gasteiger partial charge in [-0.25, -0.2) is 4.39 Å². The summed E-state index contributed by atoms with van der Waals surface area (Å²) < 4.78 is 14.4. The second kappa shape index (κ2) is 9.95. The van der Waals surface area contributed by atoms with E-state index in [0.29, 0.717) is 18.0 Å². The van der Waals surface area contributed by atoms with Crippen LogP contribution in [0, 0.1) is 18.7 Å². The van der Waals surface area contributed by atoms with Crippen molar-refractivity contribution in [1.29, 1.82) is 0 Å². The number of ketones is 1. The summed E-state index contributed by atoms with van der Waals surface area (Å²) in [7, 11) is 0.